The number of methoxy groups -OCH3 is 1. The molecule has 1 aliphatic rings. The first kappa shape index (κ1) is 20.9. The molecule has 0 bridgehead atoms. The number of amidine groups is 1. The molecule has 2 aromatic rings. The average Bonchev–Trinajstić information content (AvgIpc) is 2.96. The van der Waals surface area contributed by atoms with Crippen LogP contribution in [0.4, 0.5) is 5.69 Å². The van der Waals surface area contributed by atoms with Crippen LogP contribution in [0.25, 0.3) is 6.08 Å². The van der Waals surface area contributed by atoms with Crippen molar-refractivity contribution in [2.24, 2.45) is 0 Å². The number of amides is 1. The van der Waals surface area contributed by atoms with Crippen LogP contribution in [0.2, 0.25) is 0 Å². The van der Waals surface area contributed by atoms with Crippen molar-refractivity contribution < 1.29 is 24.2 Å². The van der Waals surface area contributed by atoms with E-state index in [1.165, 1.54) is 18.9 Å². The molecule has 29 heavy (non-hydrogen) atoms. The third kappa shape index (κ3) is 4.63. The van der Waals surface area contributed by atoms with Crippen molar-refractivity contribution in [3.8, 4) is 11.5 Å². The fraction of sp³-hybridized carbons (Fsp3) is 0.150. The summed E-state index contributed by atoms with van der Waals surface area (Å²) in [4.78, 5) is 25.5. The molecule has 1 aliphatic heterocycles. The van der Waals surface area contributed by atoms with Crippen molar-refractivity contribution >= 4 is 56.5 Å². The van der Waals surface area contributed by atoms with E-state index in [9.17, 15) is 9.59 Å². The highest BCUT2D eigenvalue weighted by atomic mass is 79.9. The maximum atomic E-state index is 12.8. The Bertz CT molecular complexity index is 1010. The Morgan fingerprint density at radius 2 is 1.93 bits per heavy atom. The smallest absolute Gasteiger partial charge is 0.344 e. The van der Waals surface area contributed by atoms with Crippen LogP contribution in [0.5, 0.6) is 11.5 Å². The van der Waals surface area contributed by atoms with Crippen molar-refractivity contribution in [2.75, 3.05) is 12.0 Å². The van der Waals surface area contributed by atoms with E-state index in [1.807, 2.05) is 12.1 Å². The van der Waals surface area contributed by atoms with Gasteiger partial charge in [-0.05, 0) is 66.7 Å². The Kier molecular flexibility index (Phi) is 6.29. The number of halogens is 1. The monoisotopic (exact) mass is 476 g/mol. The van der Waals surface area contributed by atoms with Gasteiger partial charge in [-0.15, -0.1) is 0 Å². The summed E-state index contributed by atoms with van der Waals surface area (Å²) >= 11 is 4.42. The second-order valence-electron chi connectivity index (χ2n) is 6.04. The van der Waals surface area contributed by atoms with Gasteiger partial charge in [-0.3, -0.25) is 15.1 Å². The third-order valence-corrected chi connectivity index (χ3v) is 5.46. The van der Waals surface area contributed by atoms with Gasteiger partial charge in [0.1, 0.15) is 0 Å². The summed E-state index contributed by atoms with van der Waals surface area (Å²) in [5, 5.41) is 17.3. The maximum Gasteiger partial charge on any atom is 0.344 e. The Morgan fingerprint density at radius 1 is 1.24 bits per heavy atom. The first-order valence-corrected chi connectivity index (χ1v) is 10.1. The standard InChI is InChI=1S/C20H17BrN2O5S/c1-11(19(25)26)28-15-8-3-12(9-16(15)27-2)10-17-18(24)23(20(22)29-17)14-6-4-13(21)5-7-14/h3-11,22H,1-2H3,(H,25,26)/b17-10-,22-20?. The van der Waals surface area contributed by atoms with Crippen molar-refractivity contribution in [3.63, 3.8) is 0 Å². The molecule has 1 unspecified atom stereocenters. The summed E-state index contributed by atoms with van der Waals surface area (Å²) in [6.07, 6.45) is 0.632. The van der Waals surface area contributed by atoms with Crippen molar-refractivity contribution in [1.29, 1.82) is 5.41 Å². The van der Waals surface area contributed by atoms with E-state index in [1.54, 1.807) is 36.4 Å². The lowest BCUT2D eigenvalue weighted by atomic mass is 10.1. The lowest BCUT2D eigenvalue weighted by molar-refractivity contribution is -0.144. The molecular formula is C20H17BrN2O5S. The fourth-order valence-corrected chi connectivity index (χ4v) is 3.70. The Hall–Kier alpha value is -2.78. The first-order chi connectivity index (χ1) is 13.8. The van der Waals surface area contributed by atoms with Crippen LogP contribution >= 0.6 is 27.7 Å². The van der Waals surface area contributed by atoms with Gasteiger partial charge in [0, 0.05) is 4.47 Å². The molecule has 1 amide bonds. The number of carbonyl (C=O) groups is 2. The van der Waals surface area contributed by atoms with Crippen molar-refractivity contribution in [1.82, 2.24) is 0 Å². The molecule has 2 N–H and O–H groups in total. The SMILES string of the molecule is COc1cc(/C=C2\SC(=N)N(c3ccc(Br)cc3)C2=O)ccc1OC(C)C(=O)O. The normalized spacial score (nSPS) is 16.2. The number of carboxylic acid groups (broad SMARTS) is 1. The van der Waals surface area contributed by atoms with Gasteiger partial charge in [0.05, 0.1) is 17.7 Å². The van der Waals surface area contributed by atoms with Gasteiger partial charge < -0.3 is 14.6 Å². The average molecular weight is 477 g/mol. The molecule has 0 spiro atoms. The van der Waals surface area contributed by atoms with Crippen LogP contribution in [0.1, 0.15) is 12.5 Å². The number of ether oxygens (including phenoxy) is 2. The summed E-state index contributed by atoms with van der Waals surface area (Å²) in [7, 11) is 1.45. The zero-order valence-corrected chi connectivity index (χ0v) is 17.9. The summed E-state index contributed by atoms with van der Waals surface area (Å²) in [6.45, 7) is 1.42. The van der Waals surface area contributed by atoms with Gasteiger partial charge in [-0.2, -0.15) is 0 Å². The number of carboxylic acids is 1. The Labute approximate surface area is 179 Å². The highest BCUT2D eigenvalue weighted by Gasteiger charge is 2.33. The van der Waals surface area contributed by atoms with E-state index in [0.717, 1.165) is 16.2 Å². The van der Waals surface area contributed by atoms with E-state index in [2.05, 4.69) is 15.9 Å². The van der Waals surface area contributed by atoms with Crippen molar-refractivity contribution in [3.05, 3.63) is 57.4 Å². The molecule has 0 radical (unpaired) electrons. The van der Waals surface area contributed by atoms with Gasteiger partial charge >= 0.3 is 5.97 Å². The maximum absolute atomic E-state index is 12.8. The molecule has 1 saturated heterocycles. The number of rotatable bonds is 6. The minimum absolute atomic E-state index is 0.116. The van der Waals surface area contributed by atoms with E-state index in [-0.39, 0.29) is 11.1 Å². The molecule has 2 aromatic carbocycles. The van der Waals surface area contributed by atoms with E-state index >= 15 is 0 Å². The van der Waals surface area contributed by atoms with E-state index in [4.69, 9.17) is 20.0 Å². The van der Waals surface area contributed by atoms with Crippen LogP contribution < -0.4 is 14.4 Å². The van der Waals surface area contributed by atoms with Gasteiger partial charge in [0.25, 0.3) is 5.91 Å². The quantitative estimate of drug-likeness (QED) is 0.600. The van der Waals surface area contributed by atoms with Crippen LogP contribution in [0.3, 0.4) is 0 Å². The number of anilines is 1. The summed E-state index contributed by atoms with van der Waals surface area (Å²) in [6, 6.07) is 12.1. The molecule has 150 valence electrons. The number of aliphatic carboxylic acids is 1. The second kappa shape index (κ2) is 8.71. The third-order valence-electron chi connectivity index (χ3n) is 4.05. The lowest BCUT2D eigenvalue weighted by Gasteiger charge is -2.14. The molecule has 9 heteroatoms. The number of nitrogens with zero attached hydrogens (tertiary/aromatic N) is 1. The molecule has 3 rings (SSSR count). The van der Waals surface area contributed by atoms with Crippen LogP contribution in [0, 0.1) is 5.41 Å². The first-order valence-electron chi connectivity index (χ1n) is 8.45. The molecule has 1 atom stereocenters. The van der Waals surface area contributed by atoms with Gasteiger partial charge in [0.2, 0.25) is 0 Å². The predicted octanol–water partition coefficient (Wildman–Crippen LogP) is 4.37. The lowest BCUT2D eigenvalue weighted by Crippen LogP contribution is -2.27. The van der Waals surface area contributed by atoms with E-state index < -0.39 is 12.1 Å². The Morgan fingerprint density at radius 3 is 2.55 bits per heavy atom. The fourth-order valence-electron chi connectivity index (χ4n) is 2.58. The summed E-state index contributed by atoms with van der Waals surface area (Å²) in [5.41, 5.74) is 1.28. The largest absolute Gasteiger partial charge is 0.493 e. The highest BCUT2D eigenvalue weighted by Crippen LogP contribution is 2.37. The number of benzene rings is 2. The van der Waals surface area contributed by atoms with Crippen LogP contribution in [-0.4, -0.2) is 35.4 Å². The Balaban J connectivity index is 1.86. The molecule has 1 fully saturated rings. The van der Waals surface area contributed by atoms with Gasteiger partial charge in [-0.1, -0.05) is 22.0 Å². The zero-order valence-electron chi connectivity index (χ0n) is 15.5. The zero-order chi connectivity index (χ0) is 21.1. The predicted molar refractivity (Wildman–Crippen MR) is 116 cm³/mol. The highest BCUT2D eigenvalue weighted by molar-refractivity contribution is 9.10. The molecule has 0 aromatic heterocycles. The van der Waals surface area contributed by atoms with Gasteiger partial charge in [0.15, 0.2) is 22.8 Å². The second-order valence-corrected chi connectivity index (χ2v) is 7.99. The summed E-state index contributed by atoms with van der Waals surface area (Å²) in [5.74, 6) is -0.735. The number of hydrogen-bond donors (Lipinski definition) is 2. The van der Waals surface area contributed by atoms with E-state index in [0.29, 0.717) is 27.7 Å². The molecule has 0 aliphatic carbocycles. The molecule has 0 saturated carbocycles. The summed E-state index contributed by atoms with van der Waals surface area (Å²) < 4.78 is 11.6. The number of hydrogen-bond acceptors (Lipinski definition) is 6. The number of carbonyl (C=O) groups excluding carboxylic acids is 1. The topological polar surface area (TPSA) is 99.9 Å². The van der Waals surface area contributed by atoms with Crippen LogP contribution in [0.15, 0.2) is 51.8 Å². The van der Waals surface area contributed by atoms with Crippen molar-refractivity contribution in [2.45, 2.75) is 13.0 Å². The molecule has 7 nitrogen and oxygen atoms in total. The minimum atomic E-state index is -1.09. The number of thioether (sulfide) groups is 1. The molecular weight excluding hydrogens is 460 g/mol. The van der Waals surface area contributed by atoms with Crippen LogP contribution in [-0.2, 0) is 9.59 Å². The molecule has 1 heterocycles. The minimum Gasteiger partial charge on any atom is -0.493 e. The number of nitrogens with one attached hydrogen (secondary N) is 1. The van der Waals surface area contributed by atoms with Gasteiger partial charge in [-0.25, -0.2) is 4.79 Å².